The number of aromatic nitrogens is 1. The lowest BCUT2D eigenvalue weighted by atomic mass is 9.61. The molecule has 6 heteroatoms. The topological polar surface area (TPSA) is 79.6 Å². The van der Waals surface area contributed by atoms with E-state index >= 15 is 0 Å². The summed E-state index contributed by atoms with van der Waals surface area (Å²) in [6, 6.07) is 11.7. The molecule has 0 spiro atoms. The molecular weight excluding hydrogens is 464 g/mol. The Labute approximate surface area is 222 Å². The van der Waals surface area contributed by atoms with E-state index in [9.17, 15) is 4.79 Å². The SMILES string of the molecule is Cn1cccc1-c1cc2ccc(OC(C)(N)CC(C)(C)OC(=O)C(C)(CC(C)(C)C)C(C)(C)C)cc2o1. The minimum Gasteiger partial charge on any atom is -0.473 e. The van der Waals surface area contributed by atoms with Crippen molar-refractivity contribution in [3.8, 4) is 17.2 Å². The first-order valence-electron chi connectivity index (χ1n) is 13.1. The zero-order valence-electron chi connectivity index (χ0n) is 24.6. The van der Waals surface area contributed by atoms with E-state index in [1.54, 1.807) is 0 Å². The van der Waals surface area contributed by atoms with Gasteiger partial charge in [0.2, 0.25) is 0 Å². The van der Waals surface area contributed by atoms with Crippen LogP contribution in [0.2, 0.25) is 0 Å². The highest BCUT2D eigenvalue weighted by atomic mass is 16.6. The van der Waals surface area contributed by atoms with Crippen molar-refractivity contribution in [2.45, 2.75) is 93.4 Å². The summed E-state index contributed by atoms with van der Waals surface area (Å²) in [6.45, 7) is 20.3. The molecule has 0 saturated heterocycles. The molecular formula is C31H46N2O4. The zero-order chi connectivity index (χ0) is 28.0. The molecule has 2 N–H and O–H groups in total. The molecule has 0 fully saturated rings. The average molecular weight is 511 g/mol. The molecule has 0 aliphatic carbocycles. The quantitative estimate of drug-likeness (QED) is 0.248. The highest BCUT2D eigenvalue weighted by Crippen LogP contribution is 2.48. The maximum atomic E-state index is 13.6. The van der Waals surface area contributed by atoms with Crippen LogP contribution in [0.25, 0.3) is 22.4 Å². The molecule has 0 aliphatic rings. The predicted molar refractivity (Wildman–Crippen MR) is 150 cm³/mol. The summed E-state index contributed by atoms with van der Waals surface area (Å²) in [7, 11) is 1.98. The number of nitrogens with two attached hydrogens (primary N) is 1. The van der Waals surface area contributed by atoms with Gasteiger partial charge in [0, 0.05) is 31.1 Å². The number of hydrogen-bond acceptors (Lipinski definition) is 5. The fourth-order valence-corrected chi connectivity index (χ4v) is 5.17. The number of fused-ring (bicyclic) bond motifs is 1. The molecule has 3 aromatic rings. The van der Waals surface area contributed by atoms with E-state index in [0.717, 1.165) is 22.4 Å². The van der Waals surface area contributed by atoms with Gasteiger partial charge in [-0.2, -0.15) is 0 Å². The molecule has 0 amide bonds. The number of carbonyl (C=O) groups is 1. The van der Waals surface area contributed by atoms with E-state index in [1.165, 1.54) is 0 Å². The molecule has 2 heterocycles. The van der Waals surface area contributed by atoms with Crippen molar-refractivity contribution in [2.24, 2.45) is 29.0 Å². The monoisotopic (exact) mass is 510 g/mol. The van der Waals surface area contributed by atoms with Crippen LogP contribution in [0.3, 0.4) is 0 Å². The van der Waals surface area contributed by atoms with E-state index in [-0.39, 0.29) is 16.8 Å². The first-order chi connectivity index (χ1) is 16.7. The summed E-state index contributed by atoms with van der Waals surface area (Å²) in [5.74, 6) is 1.18. The molecule has 3 rings (SSSR count). The minimum absolute atomic E-state index is 0.0265. The van der Waals surface area contributed by atoms with Crippen LogP contribution in [-0.4, -0.2) is 21.9 Å². The number of ether oxygens (including phenoxy) is 2. The van der Waals surface area contributed by atoms with E-state index in [2.05, 4.69) is 41.5 Å². The lowest BCUT2D eigenvalue weighted by Crippen LogP contribution is -2.52. The Bertz CT molecular complexity index is 1250. The predicted octanol–water partition coefficient (Wildman–Crippen LogP) is 7.69. The van der Waals surface area contributed by atoms with Crippen LogP contribution < -0.4 is 10.5 Å². The minimum atomic E-state index is -1.08. The van der Waals surface area contributed by atoms with Gasteiger partial charge in [-0.25, -0.2) is 0 Å². The number of aryl methyl sites for hydroxylation is 1. The van der Waals surface area contributed by atoms with Crippen molar-refractivity contribution < 1.29 is 18.7 Å². The molecule has 0 aliphatic heterocycles. The Morgan fingerprint density at radius 2 is 1.59 bits per heavy atom. The summed E-state index contributed by atoms with van der Waals surface area (Å²) < 4.78 is 20.5. The highest BCUT2D eigenvalue weighted by molar-refractivity contribution is 5.83. The van der Waals surface area contributed by atoms with Crippen molar-refractivity contribution >= 4 is 16.9 Å². The second-order valence-electron chi connectivity index (χ2n) is 13.9. The van der Waals surface area contributed by atoms with Crippen molar-refractivity contribution in [2.75, 3.05) is 0 Å². The first-order valence-corrected chi connectivity index (χ1v) is 13.1. The summed E-state index contributed by atoms with van der Waals surface area (Å²) >= 11 is 0. The third-order valence-electron chi connectivity index (χ3n) is 7.17. The van der Waals surface area contributed by atoms with Gasteiger partial charge in [0.25, 0.3) is 0 Å². The number of benzene rings is 1. The van der Waals surface area contributed by atoms with Gasteiger partial charge >= 0.3 is 5.97 Å². The first kappa shape index (κ1) is 28.8. The number of furan rings is 1. The Morgan fingerprint density at radius 1 is 0.946 bits per heavy atom. The number of carbonyl (C=O) groups excluding carboxylic acids is 1. The fraction of sp³-hybridized carbons (Fsp3) is 0.581. The number of rotatable bonds is 8. The van der Waals surface area contributed by atoms with E-state index < -0.39 is 16.7 Å². The molecule has 2 unspecified atom stereocenters. The Balaban J connectivity index is 1.76. The van der Waals surface area contributed by atoms with Gasteiger partial charge in [-0.3, -0.25) is 10.5 Å². The van der Waals surface area contributed by atoms with Gasteiger partial charge < -0.3 is 18.5 Å². The lowest BCUT2D eigenvalue weighted by molar-refractivity contribution is -0.181. The van der Waals surface area contributed by atoms with Gasteiger partial charge in [0.15, 0.2) is 11.5 Å². The third-order valence-corrected chi connectivity index (χ3v) is 7.17. The summed E-state index contributed by atoms with van der Waals surface area (Å²) in [6.07, 6.45) is 3.01. The normalized spacial score (nSPS) is 16.3. The largest absolute Gasteiger partial charge is 0.473 e. The molecule has 0 radical (unpaired) electrons. The lowest BCUT2D eigenvalue weighted by Gasteiger charge is -2.45. The smallest absolute Gasteiger partial charge is 0.312 e. The summed E-state index contributed by atoms with van der Waals surface area (Å²) in [4.78, 5) is 13.6. The van der Waals surface area contributed by atoms with Crippen LogP contribution in [0.5, 0.6) is 5.75 Å². The molecule has 204 valence electrons. The van der Waals surface area contributed by atoms with Crippen LogP contribution in [0.4, 0.5) is 0 Å². The summed E-state index contributed by atoms with van der Waals surface area (Å²) in [5, 5.41) is 0.983. The molecule has 6 nitrogen and oxygen atoms in total. The van der Waals surface area contributed by atoms with Gasteiger partial charge in [-0.1, -0.05) is 41.5 Å². The van der Waals surface area contributed by atoms with Crippen LogP contribution in [0.15, 0.2) is 47.0 Å². The number of esters is 1. The third kappa shape index (κ3) is 6.78. The molecule has 2 atom stereocenters. The Morgan fingerprint density at radius 3 is 2.14 bits per heavy atom. The van der Waals surface area contributed by atoms with Crippen molar-refractivity contribution in [3.63, 3.8) is 0 Å². The van der Waals surface area contributed by atoms with Crippen LogP contribution in [0, 0.1) is 16.2 Å². The molecule has 1 aromatic carbocycles. The average Bonchev–Trinajstić information content (AvgIpc) is 3.29. The van der Waals surface area contributed by atoms with Crippen LogP contribution in [-0.2, 0) is 16.6 Å². The van der Waals surface area contributed by atoms with Crippen LogP contribution >= 0.6 is 0 Å². The van der Waals surface area contributed by atoms with E-state index in [4.69, 9.17) is 19.6 Å². The fourth-order valence-electron chi connectivity index (χ4n) is 5.17. The van der Waals surface area contributed by atoms with Crippen molar-refractivity contribution in [1.82, 2.24) is 4.57 Å². The molecule has 37 heavy (non-hydrogen) atoms. The number of hydrogen-bond donors (Lipinski definition) is 1. The van der Waals surface area contributed by atoms with Gasteiger partial charge in [-0.15, -0.1) is 0 Å². The Kier molecular flexibility index (Phi) is 7.43. The van der Waals surface area contributed by atoms with Crippen molar-refractivity contribution in [3.05, 3.63) is 42.6 Å². The van der Waals surface area contributed by atoms with Crippen LogP contribution in [0.1, 0.15) is 82.1 Å². The van der Waals surface area contributed by atoms with Gasteiger partial charge in [0.05, 0.1) is 11.1 Å². The standard InChI is InChI=1S/C31H46N2O4/c1-27(2,3)19-30(9,28(4,5)6)26(34)37-29(7,8)20-31(10,32)36-22-15-14-21-17-25(35-24(21)18-22)23-13-12-16-33(23)11/h12-18H,19-20,32H2,1-11H3. The van der Waals surface area contributed by atoms with Gasteiger partial charge in [-0.05, 0) is 75.3 Å². The van der Waals surface area contributed by atoms with E-state index in [0.29, 0.717) is 18.6 Å². The second kappa shape index (κ2) is 9.54. The second-order valence-corrected chi connectivity index (χ2v) is 13.9. The summed E-state index contributed by atoms with van der Waals surface area (Å²) in [5.41, 5.74) is 5.46. The molecule has 0 bridgehead atoms. The number of nitrogens with zero attached hydrogens (tertiary/aromatic N) is 1. The molecule has 2 aromatic heterocycles. The zero-order valence-corrected chi connectivity index (χ0v) is 24.6. The van der Waals surface area contributed by atoms with E-state index in [1.807, 2.05) is 81.9 Å². The highest BCUT2D eigenvalue weighted by Gasteiger charge is 2.49. The van der Waals surface area contributed by atoms with Crippen molar-refractivity contribution in [1.29, 1.82) is 0 Å². The maximum absolute atomic E-state index is 13.6. The van der Waals surface area contributed by atoms with Gasteiger partial charge in [0.1, 0.15) is 16.9 Å². The maximum Gasteiger partial charge on any atom is 0.312 e. The molecule has 0 saturated carbocycles. The Hall–Kier alpha value is -2.73.